The summed E-state index contributed by atoms with van der Waals surface area (Å²) in [6.45, 7) is 2.08. The van der Waals surface area contributed by atoms with Crippen molar-refractivity contribution in [3.8, 4) is 11.3 Å². The van der Waals surface area contributed by atoms with Crippen molar-refractivity contribution in [1.82, 2.24) is 14.6 Å². The number of rotatable bonds is 5. The zero-order valence-electron chi connectivity index (χ0n) is 17.1. The van der Waals surface area contributed by atoms with Crippen molar-refractivity contribution in [3.63, 3.8) is 0 Å². The van der Waals surface area contributed by atoms with Crippen LogP contribution in [0.15, 0.2) is 66.7 Å². The molecule has 0 aliphatic carbocycles. The summed E-state index contributed by atoms with van der Waals surface area (Å²) < 4.78 is 1.88. The number of amides is 1. The monoisotopic (exact) mass is 428 g/mol. The standard InChI is InChI=1S/C25H21ClN4O/c1-2-3-8-23(31)27-18-13-14-22-21(15-18)28-25-20-7-5-4-6-19(20)24(29-30(22)25)16-9-11-17(26)12-10-16/h4-7,9-15H,2-3,8H2,1H3,(H,27,31). The molecule has 5 aromatic rings. The molecule has 5 rings (SSSR count). The van der Waals surface area contributed by atoms with Crippen LogP contribution in [0.3, 0.4) is 0 Å². The van der Waals surface area contributed by atoms with Crippen LogP contribution < -0.4 is 5.32 Å². The number of carbonyl (C=O) groups excluding carboxylic acids is 1. The zero-order valence-corrected chi connectivity index (χ0v) is 17.9. The van der Waals surface area contributed by atoms with Gasteiger partial charge in [0.2, 0.25) is 5.91 Å². The highest BCUT2D eigenvalue weighted by atomic mass is 35.5. The molecule has 0 atom stereocenters. The fourth-order valence-corrected chi connectivity index (χ4v) is 3.97. The number of carbonyl (C=O) groups is 1. The molecule has 3 aromatic carbocycles. The summed E-state index contributed by atoms with van der Waals surface area (Å²) >= 11 is 6.09. The Balaban J connectivity index is 1.67. The second kappa shape index (κ2) is 8.00. The van der Waals surface area contributed by atoms with Crippen LogP contribution in [0.25, 0.3) is 38.7 Å². The van der Waals surface area contributed by atoms with E-state index >= 15 is 0 Å². The van der Waals surface area contributed by atoms with Crippen molar-refractivity contribution in [3.05, 3.63) is 71.8 Å². The highest BCUT2D eigenvalue weighted by Gasteiger charge is 2.15. The molecule has 0 unspecified atom stereocenters. The van der Waals surface area contributed by atoms with Crippen LogP contribution in [0.4, 0.5) is 5.69 Å². The van der Waals surface area contributed by atoms with Crippen LogP contribution in [-0.2, 0) is 4.79 Å². The largest absolute Gasteiger partial charge is 0.326 e. The summed E-state index contributed by atoms with van der Waals surface area (Å²) in [7, 11) is 0. The molecule has 1 amide bonds. The molecule has 6 heteroatoms. The first kappa shape index (κ1) is 19.5. The Bertz CT molecular complexity index is 1420. The first-order valence-electron chi connectivity index (χ1n) is 10.4. The molecule has 0 saturated heterocycles. The predicted molar refractivity (Wildman–Crippen MR) is 127 cm³/mol. The van der Waals surface area contributed by atoms with Gasteiger partial charge in [-0.15, -0.1) is 0 Å². The summed E-state index contributed by atoms with van der Waals surface area (Å²) in [6.07, 6.45) is 2.40. The van der Waals surface area contributed by atoms with Crippen molar-refractivity contribution in [2.45, 2.75) is 26.2 Å². The lowest BCUT2D eigenvalue weighted by atomic mass is 10.1. The third-order valence-corrected chi connectivity index (χ3v) is 5.66. The third-order valence-electron chi connectivity index (χ3n) is 5.41. The molecule has 0 radical (unpaired) electrons. The number of imidazole rings is 1. The number of hydrogen-bond donors (Lipinski definition) is 1. The lowest BCUT2D eigenvalue weighted by molar-refractivity contribution is -0.116. The Kier molecular flexibility index (Phi) is 5.04. The van der Waals surface area contributed by atoms with Crippen molar-refractivity contribution in [1.29, 1.82) is 0 Å². The average molecular weight is 429 g/mol. The van der Waals surface area contributed by atoms with Crippen LogP contribution >= 0.6 is 11.6 Å². The Morgan fingerprint density at radius 1 is 1.03 bits per heavy atom. The number of aromatic nitrogens is 3. The van der Waals surface area contributed by atoms with E-state index in [9.17, 15) is 4.79 Å². The number of halogens is 1. The molecule has 2 heterocycles. The number of fused-ring (bicyclic) bond motifs is 5. The normalized spacial score (nSPS) is 11.4. The van der Waals surface area contributed by atoms with E-state index in [4.69, 9.17) is 21.7 Å². The average Bonchev–Trinajstić information content (AvgIpc) is 3.16. The van der Waals surface area contributed by atoms with Gasteiger partial charge in [0.15, 0.2) is 5.65 Å². The maximum absolute atomic E-state index is 12.1. The number of nitrogens with zero attached hydrogens (tertiary/aromatic N) is 3. The molecule has 0 aliphatic rings. The number of nitrogens with one attached hydrogen (secondary N) is 1. The molecular weight excluding hydrogens is 408 g/mol. The Hall–Kier alpha value is -3.44. The van der Waals surface area contributed by atoms with Gasteiger partial charge in [0, 0.05) is 33.5 Å². The van der Waals surface area contributed by atoms with E-state index in [0.717, 1.165) is 57.2 Å². The van der Waals surface area contributed by atoms with Crippen LogP contribution in [0, 0.1) is 0 Å². The Morgan fingerprint density at radius 3 is 2.58 bits per heavy atom. The fourth-order valence-electron chi connectivity index (χ4n) is 3.84. The minimum absolute atomic E-state index is 0.0264. The second-order valence-corrected chi connectivity index (χ2v) is 8.04. The number of unbranched alkanes of at least 4 members (excludes halogenated alkanes) is 1. The van der Waals surface area contributed by atoms with Gasteiger partial charge >= 0.3 is 0 Å². The van der Waals surface area contributed by atoms with Gasteiger partial charge in [-0.05, 0) is 36.8 Å². The van der Waals surface area contributed by atoms with Crippen LogP contribution in [-0.4, -0.2) is 20.5 Å². The molecule has 0 fully saturated rings. The van der Waals surface area contributed by atoms with Crippen molar-refractivity contribution in [2.75, 3.05) is 5.32 Å². The van der Waals surface area contributed by atoms with E-state index in [1.54, 1.807) is 0 Å². The van der Waals surface area contributed by atoms with E-state index in [1.807, 2.05) is 59.1 Å². The maximum Gasteiger partial charge on any atom is 0.224 e. The lowest BCUT2D eigenvalue weighted by Gasteiger charge is -2.08. The minimum atomic E-state index is 0.0264. The van der Waals surface area contributed by atoms with Gasteiger partial charge in [-0.25, -0.2) is 9.50 Å². The topological polar surface area (TPSA) is 59.3 Å². The molecule has 5 nitrogen and oxygen atoms in total. The molecule has 0 saturated carbocycles. The van der Waals surface area contributed by atoms with E-state index in [0.29, 0.717) is 11.4 Å². The Labute approximate surface area is 184 Å². The predicted octanol–water partition coefficient (Wildman–Crippen LogP) is 6.48. The van der Waals surface area contributed by atoms with Crippen LogP contribution in [0.2, 0.25) is 5.02 Å². The van der Waals surface area contributed by atoms with Gasteiger partial charge in [0.05, 0.1) is 16.7 Å². The second-order valence-electron chi connectivity index (χ2n) is 7.60. The van der Waals surface area contributed by atoms with E-state index in [-0.39, 0.29) is 5.91 Å². The molecule has 0 bridgehead atoms. The van der Waals surface area contributed by atoms with E-state index in [2.05, 4.69) is 24.4 Å². The first-order chi connectivity index (χ1) is 15.1. The SMILES string of the molecule is CCCCC(=O)Nc1ccc2c(c1)nc1c3ccccc3c(-c3ccc(Cl)cc3)nn21. The molecule has 1 N–H and O–H groups in total. The highest BCUT2D eigenvalue weighted by Crippen LogP contribution is 2.32. The van der Waals surface area contributed by atoms with Gasteiger partial charge < -0.3 is 5.32 Å². The van der Waals surface area contributed by atoms with Gasteiger partial charge in [0.25, 0.3) is 0 Å². The summed E-state index contributed by atoms with van der Waals surface area (Å²) in [5, 5.41) is 10.7. The smallest absolute Gasteiger partial charge is 0.224 e. The van der Waals surface area contributed by atoms with Gasteiger partial charge in [-0.2, -0.15) is 5.10 Å². The van der Waals surface area contributed by atoms with Crippen molar-refractivity contribution in [2.24, 2.45) is 0 Å². The van der Waals surface area contributed by atoms with Crippen molar-refractivity contribution >= 4 is 50.6 Å². The summed E-state index contributed by atoms with van der Waals surface area (Å²) in [6, 6.07) is 21.6. The van der Waals surface area contributed by atoms with E-state index in [1.165, 1.54) is 0 Å². The minimum Gasteiger partial charge on any atom is -0.326 e. The maximum atomic E-state index is 12.1. The first-order valence-corrected chi connectivity index (χ1v) is 10.8. The molecular formula is C25H21ClN4O. The molecule has 0 spiro atoms. The van der Waals surface area contributed by atoms with Gasteiger partial charge in [0.1, 0.15) is 0 Å². The quantitative estimate of drug-likeness (QED) is 0.348. The third kappa shape index (κ3) is 3.62. The van der Waals surface area contributed by atoms with Gasteiger partial charge in [-0.1, -0.05) is 61.3 Å². The van der Waals surface area contributed by atoms with Crippen LogP contribution in [0.1, 0.15) is 26.2 Å². The Morgan fingerprint density at radius 2 is 1.81 bits per heavy atom. The molecule has 154 valence electrons. The highest BCUT2D eigenvalue weighted by molar-refractivity contribution is 6.30. The zero-order chi connectivity index (χ0) is 21.4. The van der Waals surface area contributed by atoms with E-state index < -0.39 is 0 Å². The number of hydrogen-bond acceptors (Lipinski definition) is 3. The molecule has 0 aliphatic heterocycles. The lowest BCUT2D eigenvalue weighted by Crippen LogP contribution is -2.10. The van der Waals surface area contributed by atoms with Crippen molar-refractivity contribution < 1.29 is 4.79 Å². The summed E-state index contributed by atoms with van der Waals surface area (Å²) in [4.78, 5) is 17.0. The number of anilines is 1. The summed E-state index contributed by atoms with van der Waals surface area (Å²) in [5.74, 6) is 0.0264. The van der Waals surface area contributed by atoms with Crippen LogP contribution in [0.5, 0.6) is 0 Å². The summed E-state index contributed by atoms with van der Waals surface area (Å²) in [5.41, 5.74) is 5.08. The van der Waals surface area contributed by atoms with Gasteiger partial charge in [-0.3, -0.25) is 4.79 Å². The number of benzene rings is 3. The molecule has 2 aromatic heterocycles. The fraction of sp³-hybridized carbons (Fsp3) is 0.160. The molecule has 31 heavy (non-hydrogen) atoms.